The zero-order chi connectivity index (χ0) is 14.0. The highest BCUT2D eigenvalue weighted by molar-refractivity contribution is 5.45. The van der Waals surface area contributed by atoms with Crippen molar-refractivity contribution in [1.82, 2.24) is 4.98 Å². The van der Waals surface area contributed by atoms with Gasteiger partial charge in [-0.2, -0.15) is 0 Å². The molecule has 0 amide bonds. The Bertz CT molecular complexity index is 561. The van der Waals surface area contributed by atoms with Crippen molar-refractivity contribution in [2.45, 2.75) is 32.2 Å². The SMILES string of the molecule is Cc1cnc(N)c(C(N)C(C)(C)c2ccccc2)c1. The summed E-state index contributed by atoms with van der Waals surface area (Å²) in [5.41, 5.74) is 15.4. The predicted molar refractivity (Wildman–Crippen MR) is 79.8 cm³/mol. The molecule has 0 saturated heterocycles. The highest BCUT2D eigenvalue weighted by atomic mass is 14.8. The fraction of sp³-hybridized carbons (Fsp3) is 0.312. The third kappa shape index (κ3) is 2.61. The van der Waals surface area contributed by atoms with E-state index >= 15 is 0 Å². The summed E-state index contributed by atoms with van der Waals surface area (Å²) in [5, 5.41) is 0. The van der Waals surface area contributed by atoms with Gasteiger partial charge < -0.3 is 11.5 Å². The molecule has 0 aliphatic rings. The number of anilines is 1. The first-order chi connectivity index (χ1) is 8.93. The van der Waals surface area contributed by atoms with Crippen molar-refractivity contribution >= 4 is 5.82 Å². The maximum atomic E-state index is 6.45. The van der Waals surface area contributed by atoms with Crippen LogP contribution < -0.4 is 11.5 Å². The summed E-state index contributed by atoms with van der Waals surface area (Å²) in [4.78, 5) is 4.20. The highest BCUT2D eigenvalue weighted by Crippen LogP contribution is 2.36. The summed E-state index contributed by atoms with van der Waals surface area (Å²) in [5.74, 6) is 0.516. The Morgan fingerprint density at radius 2 is 1.79 bits per heavy atom. The van der Waals surface area contributed by atoms with Gasteiger partial charge in [0.25, 0.3) is 0 Å². The predicted octanol–water partition coefficient (Wildman–Crippen LogP) is 2.95. The van der Waals surface area contributed by atoms with E-state index in [1.165, 1.54) is 5.56 Å². The number of benzene rings is 1. The van der Waals surface area contributed by atoms with Crippen molar-refractivity contribution in [1.29, 1.82) is 0 Å². The molecule has 0 radical (unpaired) electrons. The lowest BCUT2D eigenvalue weighted by Gasteiger charge is -2.33. The third-order valence-electron chi connectivity index (χ3n) is 3.72. The molecular weight excluding hydrogens is 234 g/mol. The zero-order valence-corrected chi connectivity index (χ0v) is 11.7. The molecule has 2 rings (SSSR count). The van der Waals surface area contributed by atoms with Crippen molar-refractivity contribution in [3.63, 3.8) is 0 Å². The number of hydrogen-bond donors (Lipinski definition) is 2. The van der Waals surface area contributed by atoms with E-state index in [9.17, 15) is 0 Å². The Morgan fingerprint density at radius 1 is 1.16 bits per heavy atom. The Balaban J connectivity index is 2.43. The highest BCUT2D eigenvalue weighted by Gasteiger charge is 2.31. The topological polar surface area (TPSA) is 64.9 Å². The number of aryl methyl sites for hydroxylation is 1. The van der Waals surface area contributed by atoms with E-state index in [0.29, 0.717) is 5.82 Å². The van der Waals surface area contributed by atoms with Crippen LogP contribution in [-0.2, 0) is 5.41 Å². The fourth-order valence-electron chi connectivity index (χ4n) is 2.29. The van der Waals surface area contributed by atoms with Gasteiger partial charge in [0.2, 0.25) is 0 Å². The molecule has 0 bridgehead atoms. The van der Waals surface area contributed by atoms with E-state index in [2.05, 4.69) is 31.0 Å². The molecule has 1 aromatic heterocycles. The summed E-state index contributed by atoms with van der Waals surface area (Å²) in [6.45, 7) is 6.27. The molecule has 0 fully saturated rings. The monoisotopic (exact) mass is 255 g/mol. The number of aromatic nitrogens is 1. The quantitative estimate of drug-likeness (QED) is 0.886. The average molecular weight is 255 g/mol. The molecule has 100 valence electrons. The Kier molecular flexibility index (Phi) is 3.58. The van der Waals surface area contributed by atoms with Crippen molar-refractivity contribution in [3.05, 3.63) is 59.3 Å². The first-order valence-electron chi connectivity index (χ1n) is 6.46. The van der Waals surface area contributed by atoms with Crippen LogP contribution in [0.15, 0.2) is 42.6 Å². The van der Waals surface area contributed by atoms with Crippen LogP contribution in [0.1, 0.15) is 36.6 Å². The number of pyridine rings is 1. The summed E-state index contributed by atoms with van der Waals surface area (Å²) in [7, 11) is 0. The van der Waals surface area contributed by atoms with Crippen molar-refractivity contribution in [2.75, 3.05) is 5.73 Å². The van der Waals surface area contributed by atoms with Crippen LogP contribution in [0, 0.1) is 6.92 Å². The lowest BCUT2D eigenvalue weighted by atomic mass is 9.75. The number of nitrogen functional groups attached to an aromatic ring is 1. The van der Waals surface area contributed by atoms with E-state index in [-0.39, 0.29) is 11.5 Å². The van der Waals surface area contributed by atoms with Crippen LogP contribution in [0.5, 0.6) is 0 Å². The second-order valence-corrected chi connectivity index (χ2v) is 5.55. The minimum atomic E-state index is -0.204. The lowest BCUT2D eigenvalue weighted by Crippen LogP contribution is -2.34. The molecule has 19 heavy (non-hydrogen) atoms. The standard InChI is InChI=1S/C16H21N3/c1-11-9-13(15(18)19-10-11)14(17)16(2,3)12-7-5-4-6-8-12/h4-10,14H,17H2,1-3H3,(H2,18,19). The molecule has 1 aromatic carbocycles. The Labute approximate surface area is 114 Å². The van der Waals surface area contributed by atoms with Gasteiger partial charge in [-0.05, 0) is 24.1 Å². The minimum Gasteiger partial charge on any atom is -0.383 e. The molecule has 0 aliphatic carbocycles. The zero-order valence-electron chi connectivity index (χ0n) is 11.7. The molecule has 1 atom stereocenters. The molecule has 0 aliphatic heterocycles. The third-order valence-corrected chi connectivity index (χ3v) is 3.72. The average Bonchev–Trinajstić information content (AvgIpc) is 2.41. The largest absolute Gasteiger partial charge is 0.383 e. The maximum absolute atomic E-state index is 6.45. The molecular formula is C16H21N3. The van der Waals surface area contributed by atoms with Gasteiger partial charge in [-0.3, -0.25) is 0 Å². The van der Waals surface area contributed by atoms with Gasteiger partial charge in [0.15, 0.2) is 0 Å². The first kappa shape index (κ1) is 13.6. The summed E-state index contributed by atoms with van der Waals surface area (Å²) >= 11 is 0. The van der Waals surface area contributed by atoms with Crippen LogP contribution in [0.4, 0.5) is 5.82 Å². The van der Waals surface area contributed by atoms with E-state index in [1.807, 2.05) is 31.2 Å². The van der Waals surface area contributed by atoms with Crippen molar-refractivity contribution in [3.8, 4) is 0 Å². The van der Waals surface area contributed by atoms with E-state index in [4.69, 9.17) is 11.5 Å². The van der Waals surface area contributed by atoms with Gasteiger partial charge in [0.1, 0.15) is 5.82 Å². The molecule has 3 nitrogen and oxygen atoms in total. The number of rotatable bonds is 3. The summed E-state index contributed by atoms with van der Waals surface area (Å²) in [6, 6.07) is 12.1. The molecule has 0 saturated carbocycles. The Hall–Kier alpha value is -1.87. The fourth-order valence-corrected chi connectivity index (χ4v) is 2.29. The first-order valence-corrected chi connectivity index (χ1v) is 6.46. The molecule has 3 heteroatoms. The van der Waals surface area contributed by atoms with Gasteiger partial charge >= 0.3 is 0 Å². The van der Waals surface area contributed by atoms with Gasteiger partial charge in [0, 0.05) is 23.2 Å². The van der Waals surface area contributed by atoms with Crippen LogP contribution in [0.3, 0.4) is 0 Å². The van der Waals surface area contributed by atoms with Crippen LogP contribution >= 0.6 is 0 Å². The van der Waals surface area contributed by atoms with E-state index < -0.39 is 0 Å². The smallest absolute Gasteiger partial charge is 0.128 e. The summed E-state index contributed by atoms with van der Waals surface area (Å²) < 4.78 is 0. The molecule has 4 N–H and O–H groups in total. The number of hydrogen-bond acceptors (Lipinski definition) is 3. The molecule has 0 spiro atoms. The van der Waals surface area contributed by atoms with Crippen LogP contribution in [0.25, 0.3) is 0 Å². The van der Waals surface area contributed by atoms with E-state index in [1.54, 1.807) is 6.20 Å². The second kappa shape index (κ2) is 5.02. The van der Waals surface area contributed by atoms with Gasteiger partial charge in [0.05, 0.1) is 0 Å². The summed E-state index contributed by atoms with van der Waals surface area (Å²) in [6.07, 6.45) is 1.76. The number of nitrogens with two attached hydrogens (primary N) is 2. The molecule has 1 unspecified atom stereocenters. The molecule has 2 aromatic rings. The van der Waals surface area contributed by atoms with Gasteiger partial charge in [-0.25, -0.2) is 4.98 Å². The second-order valence-electron chi connectivity index (χ2n) is 5.55. The number of nitrogens with zero attached hydrogens (tertiary/aromatic N) is 1. The van der Waals surface area contributed by atoms with Gasteiger partial charge in [-0.1, -0.05) is 44.2 Å². The van der Waals surface area contributed by atoms with Crippen LogP contribution in [-0.4, -0.2) is 4.98 Å². The van der Waals surface area contributed by atoms with Crippen molar-refractivity contribution in [2.24, 2.45) is 5.73 Å². The van der Waals surface area contributed by atoms with Crippen molar-refractivity contribution < 1.29 is 0 Å². The molecule has 1 heterocycles. The minimum absolute atomic E-state index is 0.192. The Morgan fingerprint density at radius 3 is 2.42 bits per heavy atom. The van der Waals surface area contributed by atoms with Gasteiger partial charge in [-0.15, -0.1) is 0 Å². The maximum Gasteiger partial charge on any atom is 0.128 e. The van der Waals surface area contributed by atoms with Crippen LogP contribution in [0.2, 0.25) is 0 Å². The van der Waals surface area contributed by atoms with E-state index in [0.717, 1.165) is 11.1 Å². The lowest BCUT2D eigenvalue weighted by molar-refractivity contribution is 0.421. The normalized spacial score (nSPS) is 13.3.